The van der Waals surface area contributed by atoms with Gasteiger partial charge in [-0.1, -0.05) is 50.1 Å². The summed E-state index contributed by atoms with van der Waals surface area (Å²) in [7, 11) is 0. The second-order valence-corrected chi connectivity index (χ2v) is 5.09. The third kappa shape index (κ3) is 5.88. The molecule has 0 aliphatic heterocycles. The average Bonchev–Trinajstić information content (AvgIpc) is 2.44. The third-order valence-electron chi connectivity index (χ3n) is 3.38. The van der Waals surface area contributed by atoms with Crippen LogP contribution in [0.1, 0.15) is 51.1 Å². The maximum Gasteiger partial charge on any atom is 0.220 e. The predicted octanol–water partition coefficient (Wildman–Crippen LogP) is 3.05. The highest BCUT2D eigenvalue weighted by Gasteiger charge is 2.15. The molecular weight excluding hydrogens is 238 g/mol. The molecule has 3 nitrogen and oxygen atoms in total. The Morgan fingerprint density at radius 1 is 1.32 bits per heavy atom. The first-order valence-electron chi connectivity index (χ1n) is 7.12. The summed E-state index contributed by atoms with van der Waals surface area (Å²) in [6.07, 6.45) is 3.49. The van der Waals surface area contributed by atoms with Crippen molar-refractivity contribution in [2.75, 3.05) is 6.61 Å². The molecule has 0 aliphatic carbocycles. The molecular formula is C16H25NO2. The fourth-order valence-corrected chi connectivity index (χ4v) is 2.14. The summed E-state index contributed by atoms with van der Waals surface area (Å²) in [5, 5.41) is 12.3. The van der Waals surface area contributed by atoms with Crippen molar-refractivity contribution >= 4 is 5.91 Å². The minimum atomic E-state index is 0.0132. The maximum absolute atomic E-state index is 11.9. The highest BCUT2D eigenvalue weighted by Crippen LogP contribution is 2.15. The Bertz CT molecular complexity index is 364. The molecule has 106 valence electrons. The largest absolute Gasteiger partial charge is 0.396 e. The molecule has 0 bridgehead atoms. The van der Waals surface area contributed by atoms with Crippen LogP contribution in [0.5, 0.6) is 0 Å². The molecule has 1 rings (SSSR count). The quantitative estimate of drug-likeness (QED) is 0.757. The smallest absolute Gasteiger partial charge is 0.220 e. The molecule has 0 saturated carbocycles. The van der Waals surface area contributed by atoms with Crippen molar-refractivity contribution in [3.05, 3.63) is 35.9 Å². The normalized spacial score (nSPS) is 13.8. The highest BCUT2D eigenvalue weighted by atomic mass is 16.3. The highest BCUT2D eigenvalue weighted by molar-refractivity contribution is 5.76. The van der Waals surface area contributed by atoms with Crippen molar-refractivity contribution in [2.45, 2.75) is 45.6 Å². The zero-order valence-corrected chi connectivity index (χ0v) is 11.9. The number of carbonyl (C=O) groups excluding carboxylic acids is 1. The number of aliphatic hydroxyl groups is 1. The van der Waals surface area contributed by atoms with E-state index in [0.29, 0.717) is 6.42 Å². The Kier molecular flexibility index (Phi) is 7.19. The van der Waals surface area contributed by atoms with Gasteiger partial charge >= 0.3 is 0 Å². The number of rotatable bonds is 8. The van der Waals surface area contributed by atoms with E-state index in [1.165, 1.54) is 0 Å². The predicted molar refractivity (Wildman–Crippen MR) is 77.7 cm³/mol. The second kappa shape index (κ2) is 8.70. The maximum atomic E-state index is 11.9. The van der Waals surface area contributed by atoms with Crippen molar-refractivity contribution in [1.82, 2.24) is 5.32 Å². The van der Waals surface area contributed by atoms with Gasteiger partial charge in [0.2, 0.25) is 5.91 Å². The van der Waals surface area contributed by atoms with Crippen LogP contribution in [0, 0.1) is 5.92 Å². The summed E-state index contributed by atoms with van der Waals surface area (Å²) in [6.45, 7) is 4.19. The first-order valence-corrected chi connectivity index (χ1v) is 7.12. The molecule has 2 atom stereocenters. The molecule has 19 heavy (non-hydrogen) atoms. The molecule has 0 saturated heterocycles. The van der Waals surface area contributed by atoms with Crippen LogP contribution >= 0.6 is 0 Å². The second-order valence-electron chi connectivity index (χ2n) is 5.09. The first-order chi connectivity index (χ1) is 9.17. The number of hydrogen-bond acceptors (Lipinski definition) is 2. The van der Waals surface area contributed by atoms with E-state index in [9.17, 15) is 9.90 Å². The molecule has 0 heterocycles. The molecule has 1 aromatic carbocycles. The van der Waals surface area contributed by atoms with Crippen LogP contribution in [0.3, 0.4) is 0 Å². The Labute approximate surface area is 116 Å². The van der Waals surface area contributed by atoms with Crippen LogP contribution in [-0.2, 0) is 4.79 Å². The Morgan fingerprint density at radius 3 is 2.58 bits per heavy atom. The lowest BCUT2D eigenvalue weighted by atomic mass is 9.98. The van der Waals surface area contributed by atoms with Gasteiger partial charge in [0.15, 0.2) is 0 Å². The first kappa shape index (κ1) is 15.7. The minimum Gasteiger partial charge on any atom is -0.396 e. The Morgan fingerprint density at radius 2 is 2.00 bits per heavy atom. The Balaban J connectivity index is 2.41. The zero-order chi connectivity index (χ0) is 14.1. The van der Waals surface area contributed by atoms with E-state index < -0.39 is 0 Å². The van der Waals surface area contributed by atoms with Gasteiger partial charge in [0, 0.05) is 13.0 Å². The fraction of sp³-hybridized carbons (Fsp3) is 0.562. The summed E-state index contributed by atoms with van der Waals surface area (Å²) in [6, 6.07) is 9.92. The van der Waals surface area contributed by atoms with Gasteiger partial charge in [0.05, 0.1) is 6.04 Å². The van der Waals surface area contributed by atoms with Crippen LogP contribution < -0.4 is 5.32 Å². The molecule has 0 fully saturated rings. The molecule has 0 aromatic heterocycles. The molecule has 2 N–H and O–H groups in total. The molecule has 0 unspecified atom stereocenters. The number of benzene rings is 1. The lowest BCUT2D eigenvalue weighted by molar-refractivity contribution is -0.123. The van der Waals surface area contributed by atoms with Crippen LogP contribution in [0.4, 0.5) is 0 Å². The number of nitrogens with one attached hydrogen (secondary N) is 1. The lowest BCUT2D eigenvalue weighted by Gasteiger charge is -2.17. The van der Waals surface area contributed by atoms with Crippen LogP contribution in [-0.4, -0.2) is 17.6 Å². The summed E-state index contributed by atoms with van der Waals surface area (Å²) >= 11 is 0. The molecule has 0 spiro atoms. The summed E-state index contributed by atoms with van der Waals surface area (Å²) in [5.41, 5.74) is 1.10. The van der Waals surface area contributed by atoms with Gasteiger partial charge in [-0.2, -0.15) is 0 Å². The number of aliphatic hydroxyl groups excluding tert-OH is 1. The monoisotopic (exact) mass is 263 g/mol. The number of amides is 1. The third-order valence-corrected chi connectivity index (χ3v) is 3.38. The van der Waals surface area contributed by atoms with Crippen LogP contribution in [0.15, 0.2) is 30.3 Å². The van der Waals surface area contributed by atoms with Gasteiger partial charge in [-0.05, 0) is 24.8 Å². The van der Waals surface area contributed by atoms with Crippen molar-refractivity contribution < 1.29 is 9.90 Å². The van der Waals surface area contributed by atoms with Gasteiger partial charge in [0.1, 0.15) is 0 Å². The standard InChI is InChI=1S/C16H25NO2/c1-3-4-8-14(12-18)11-16(19)17-13(2)15-9-6-5-7-10-15/h5-7,9-10,13-14,18H,3-4,8,11-12H2,1-2H3,(H,17,19)/t13-,14+/m0/s1. The summed E-state index contributed by atoms with van der Waals surface area (Å²) in [4.78, 5) is 11.9. The van der Waals surface area contributed by atoms with E-state index in [-0.39, 0.29) is 24.5 Å². The molecule has 3 heteroatoms. The minimum absolute atomic E-state index is 0.0132. The van der Waals surface area contributed by atoms with E-state index in [1.807, 2.05) is 37.3 Å². The van der Waals surface area contributed by atoms with Crippen molar-refractivity contribution in [3.8, 4) is 0 Å². The number of carbonyl (C=O) groups is 1. The van der Waals surface area contributed by atoms with E-state index in [2.05, 4.69) is 12.2 Å². The fourth-order valence-electron chi connectivity index (χ4n) is 2.14. The van der Waals surface area contributed by atoms with E-state index >= 15 is 0 Å². The average molecular weight is 263 g/mol. The van der Waals surface area contributed by atoms with E-state index in [4.69, 9.17) is 0 Å². The Hall–Kier alpha value is -1.35. The van der Waals surface area contributed by atoms with Crippen molar-refractivity contribution in [2.24, 2.45) is 5.92 Å². The van der Waals surface area contributed by atoms with Gasteiger partial charge in [-0.15, -0.1) is 0 Å². The van der Waals surface area contributed by atoms with Crippen molar-refractivity contribution in [3.63, 3.8) is 0 Å². The summed E-state index contributed by atoms with van der Waals surface area (Å²) in [5.74, 6) is 0.106. The van der Waals surface area contributed by atoms with Gasteiger partial charge in [-0.3, -0.25) is 4.79 Å². The molecule has 0 radical (unpaired) electrons. The van der Waals surface area contributed by atoms with Gasteiger partial charge in [0.25, 0.3) is 0 Å². The summed E-state index contributed by atoms with van der Waals surface area (Å²) < 4.78 is 0. The topological polar surface area (TPSA) is 49.3 Å². The molecule has 1 amide bonds. The van der Waals surface area contributed by atoms with Crippen molar-refractivity contribution in [1.29, 1.82) is 0 Å². The van der Waals surface area contributed by atoms with E-state index in [1.54, 1.807) is 0 Å². The lowest BCUT2D eigenvalue weighted by Crippen LogP contribution is -2.29. The molecule has 0 aliphatic rings. The van der Waals surface area contributed by atoms with E-state index in [0.717, 1.165) is 24.8 Å². The van der Waals surface area contributed by atoms with Crippen LogP contribution in [0.2, 0.25) is 0 Å². The van der Waals surface area contributed by atoms with Gasteiger partial charge < -0.3 is 10.4 Å². The zero-order valence-electron chi connectivity index (χ0n) is 11.9. The van der Waals surface area contributed by atoms with Crippen LogP contribution in [0.25, 0.3) is 0 Å². The number of hydrogen-bond donors (Lipinski definition) is 2. The SMILES string of the molecule is CCCC[C@@H](CO)CC(=O)N[C@@H](C)c1ccccc1. The van der Waals surface area contributed by atoms with Gasteiger partial charge in [-0.25, -0.2) is 0 Å². The number of unbranched alkanes of at least 4 members (excludes halogenated alkanes) is 1. The molecule has 1 aromatic rings.